The number of aromatic nitrogens is 2. The van der Waals surface area contributed by atoms with Crippen LogP contribution in [0.4, 0.5) is 0 Å². The van der Waals surface area contributed by atoms with Crippen molar-refractivity contribution in [3.8, 4) is 0 Å². The molecule has 2 aliphatic heterocycles. The quantitative estimate of drug-likeness (QED) is 0.909. The first-order valence-corrected chi connectivity index (χ1v) is 8.00. The van der Waals surface area contributed by atoms with Gasteiger partial charge in [-0.05, 0) is 39.4 Å². The molecule has 1 aromatic rings. The van der Waals surface area contributed by atoms with E-state index in [0.29, 0.717) is 18.4 Å². The maximum absolute atomic E-state index is 10.1. The molecule has 6 heteroatoms. The molecule has 2 aliphatic rings. The lowest BCUT2D eigenvalue weighted by Gasteiger charge is -2.37. The van der Waals surface area contributed by atoms with Crippen LogP contribution < -0.4 is 0 Å². The van der Waals surface area contributed by atoms with E-state index in [1.165, 1.54) is 0 Å². The Balaban J connectivity index is 1.75. The van der Waals surface area contributed by atoms with Crippen molar-refractivity contribution in [1.82, 2.24) is 19.9 Å². The van der Waals surface area contributed by atoms with Gasteiger partial charge in [-0.25, -0.2) is 0 Å². The van der Waals surface area contributed by atoms with Gasteiger partial charge in [0, 0.05) is 18.5 Å². The van der Waals surface area contributed by atoms with Gasteiger partial charge in [-0.3, -0.25) is 4.90 Å². The fourth-order valence-corrected chi connectivity index (χ4v) is 3.43. The lowest BCUT2D eigenvalue weighted by atomic mass is 10.0. The molecule has 2 fully saturated rings. The summed E-state index contributed by atoms with van der Waals surface area (Å²) in [5.74, 6) is 1.70. The average Bonchev–Trinajstić information content (AvgIpc) is 3.06. The van der Waals surface area contributed by atoms with Crippen molar-refractivity contribution in [2.45, 2.75) is 57.2 Å². The fourth-order valence-electron chi connectivity index (χ4n) is 3.43. The van der Waals surface area contributed by atoms with E-state index < -0.39 is 0 Å². The van der Waals surface area contributed by atoms with E-state index in [9.17, 15) is 5.11 Å². The molecule has 21 heavy (non-hydrogen) atoms. The molecule has 1 aromatic heterocycles. The van der Waals surface area contributed by atoms with E-state index in [0.717, 1.165) is 38.3 Å². The molecule has 2 saturated heterocycles. The fraction of sp³-hybridized carbons (Fsp3) is 0.867. The number of rotatable bonds is 3. The molecule has 0 unspecified atom stereocenters. The highest BCUT2D eigenvalue weighted by atomic mass is 16.5. The van der Waals surface area contributed by atoms with Gasteiger partial charge in [0.05, 0.1) is 12.1 Å². The molecule has 1 N–H and O–H groups in total. The normalized spacial score (nSPS) is 29.6. The first kappa shape index (κ1) is 14.9. The number of likely N-dealkylation sites (tertiary alicyclic amines) is 2. The summed E-state index contributed by atoms with van der Waals surface area (Å²) >= 11 is 0. The molecule has 0 aliphatic carbocycles. The zero-order valence-electron chi connectivity index (χ0n) is 13.2. The summed E-state index contributed by atoms with van der Waals surface area (Å²) in [7, 11) is 2.17. The molecule has 0 bridgehead atoms. The van der Waals surface area contributed by atoms with Crippen LogP contribution in [0.2, 0.25) is 0 Å². The Morgan fingerprint density at radius 2 is 2.00 bits per heavy atom. The van der Waals surface area contributed by atoms with Gasteiger partial charge in [0.2, 0.25) is 5.89 Å². The summed E-state index contributed by atoms with van der Waals surface area (Å²) < 4.78 is 5.48. The van der Waals surface area contributed by atoms with Crippen LogP contribution >= 0.6 is 0 Å². The Morgan fingerprint density at radius 1 is 1.29 bits per heavy atom. The van der Waals surface area contributed by atoms with Crippen LogP contribution in [0, 0.1) is 0 Å². The van der Waals surface area contributed by atoms with Gasteiger partial charge in [0.15, 0.2) is 5.82 Å². The number of aliphatic hydroxyl groups is 1. The Hall–Kier alpha value is -0.980. The van der Waals surface area contributed by atoms with Crippen molar-refractivity contribution in [1.29, 1.82) is 0 Å². The molecule has 118 valence electrons. The smallest absolute Gasteiger partial charge is 0.244 e. The Morgan fingerprint density at radius 3 is 2.62 bits per heavy atom. The Bertz CT molecular complexity index is 468. The van der Waals surface area contributed by atoms with Gasteiger partial charge in [0.1, 0.15) is 0 Å². The van der Waals surface area contributed by atoms with Crippen molar-refractivity contribution < 1.29 is 9.63 Å². The zero-order chi connectivity index (χ0) is 15.0. The summed E-state index contributed by atoms with van der Waals surface area (Å²) in [6.07, 6.45) is 2.70. The molecule has 3 rings (SSSR count). The zero-order valence-corrected chi connectivity index (χ0v) is 13.2. The van der Waals surface area contributed by atoms with Crippen LogP contribution in [0.25, 0.3) is 0 Å². The van der Waals surface area contributed by atoms with Crippen molar-refractivity contribution in [2.24, 2.45) is 0 Å². The monoisotopic (exact) mass is 294 g/mol. The lowest BCUT2D eigenvalue weighted by molar-refractivity contribution is 0.0880. The summed E-state index contributed by atoms with van der Waals surface area (Å²) in [4.78, 5) is 9.29. The SMILES string of the molecule is CC(C)c1noc([C@H]2C[C@@H](O)CN2C2CCN(C)CC2)n1. The minimum absolute atomic E-state index is 0.0772. The third-order valence-corrected chi connectivity index (χ3v) is 4.73. The number of hydrogen-bond acceptors (Lipinski definition) is 6. The molecule has 0 aromatic carbocycles. The molecule has 0 saturated carbocycles. The lowest BCUT2D eigenvalue weighted by Crippen LogP contribution is -2.43. The largest absolute Gasteiger partial charge is 0.392 e. The van der Waals surface area contributed by atoms with Gasteiger partial charge in [-0.2, -0.15) is 4.98 Å². The van der Waals surface area contributed by atoms with Crippen LogP contribution in [-0.2, 0) is 0 Å². The summed E-state index contributed by atoms with van der Waals surface area (Å²) in [6.45, 7) is 7.08. The Labute approximate surface area is 126 Å². The van der Waals surface area contributed by atoms with E-state index in [-0.39, 0.29) is 18.1 Å². The predicted octanol–water partition coefficient (Wildman–Crippen LogP) is 1.39. The molecule has 0 radical (unpaired) electrons. The third-order valence-electron chi connectivity index (χ3n) is 4.73. The maximum Gasteiger partial charge on any atom is 0.244 e. The minimum atomic E-state index is -0.288. The van der Waals surface area contributed by atoms with Gasteiger partial charge in [-0.1, -0.05) is 19.0 Å². The van der Waals surface area contributed by atoms with Crippen LogP contribution in [-0.4, -0.2) is 63.9 Å². The molecular formula is C15H26N4O2. The summed E-state index contributed by atoms with van der Waals surface area (Å²) in [5, 5.41) is 14.2. The number of hydrogen-bond donors (Lipinski definition) is 1. The predicted molar refractivity (Wildman–Crippen MR) is 79.0 cm³/mol. The summed E-state index contributed by atoms with van der Waals surface area (Å²) in [6, 6.07) is 0.589. The molecule has 6 nitrogen and oxygen atoms in total. The van der Waals surface area contributed by atoms with E-state index >= 15 is 0 Å². The standard InChI is InChI=1S/C15H26N4O2/c1-10(2)14-16-15(21-17-14)13-8-12(20)9-19(13)11-4-6-18(3)7-5-11/h10-13,20H,4-9H2,1-3H3/t12-,13-/m1/s1. The number of nitrogens with zero attached hydrogens (tertiary/aromatic N) is 4. The topological polar surface area (TPSA) is 65.6 Å². The second kappa shape index (κ2) is 6.02. The van der Waals surface area contributed by atoms with Crippen LogP contribution in [0.5, 0.6) is 0 Å². The van der Waals surface area contributed by atoms with Crippen molar-refractivity contribution in [2.75, 3.05) is 26.7 Å². The third kappa shape index (κ3) is 3.12. The average molecular weight is 294 g/mol. The molecular weight excluding hydrogens is 268 g/mol. The van der Waals surface area contributed by atoms with Crippen molar-refractivity contribution in [3.05, 3.63) is 11.7 Å². The second-order valence-corrected chi connectivity index (χ2v) is 6.78. The van der Waals surface area contributed by atoms with E-state index in [1.807, 2.05) is 0 Å². The van der Waals surface area contributed by atoms with Crippen molar-refractivity contribution >= 4 is 0 Å². The van der Waals surface area contributed by atoms with E-state index in [1.54, 1.807) is 0 Å². The molecule has 3 heterocycles. The van der Waals surface area contributed by atoms with Gasteiger partial charge < -0.3 is 14.5 Å². The van der Waals surface area contributed by atoms with Gasteiger partial charge in [-0.15, -0.1) is 0 Å². The highest BCUT2D eigenvalue weighted by Gasteiger charge is 2.40. The van der Waals surface area contributed by atoms with Crippen molar-refractivity contribution in [3.63, 3.8) is 0 Å². The molecule has 0 amide bonds. The highest BCUT2D eigenvalue weighted by molar-refractivity contribution is 5.02. The van der Waals surface area contributed by atoms with Crippen LogP contribution in [0.1, 0.15) is 56.8 Å². The van der Waals surface area contributed by atoms with E-state index in [2.05, 4.69) is 40.8 Å². The first-order valence-electron chi connectivity index (χ1n) is 8.00. The minimum Gasteiger partial charge on any atom is -0.392 e. The van der Waals surface area contributed by atoms with Gasteiger partial charge in [0.25, 0.3) is 0 Å². The van der Waals surface area contributed by atoms with Crippen LogP contribution in [0.3, 0.4) is 0 Å². The maximum atomic E-state index is 10.1. The number of aliphatic hydroxyl groups excluding tert-OH is 1. The second-order valence-electron chi connectivity index (χ2n) is 6.78. The highest BCUT2D eigenvalue weighted by Crippen LogP contribution is 2.35. The van der Waals surface area contributed by atoms with Gasteiger partial charge >= 0.3 is 0 Å². The number of β-amino-alcohol motifs (C(OH)–C–C–N with tert-alkyl or cyclic N) is 1. The van der Waals surface area contributed by atoms with Crippen LogP contribution in [0.15, 0.2) is 4.52 Å². The Kier molecular flexibility index (Phi) is 4.28. The first-order chi connectivity index (χ1) is 10.0. The van der Waals surface area contributed by atoms with E-state index in [4.69, 9.17) is 4.52 Å². The summed E-state index contributed by atoms with van der Waals surface area (Å²) in [5.41, 5.74) is 0. The number of piperidine rings is 1. The molecule has 0 spiro atoms. The molecule has 2 atom stereocenters.